The Bertz CT molecular complexity index is 454. The second kappa shape index (κ2) is 6.19. The van der Waals surface area contributed by atoms with Gasteiger partial charge in [-0.25, -0.2) is 4.79 Å². The van der Waals surface area contributed by atoms with Gasteiger partial charge in [-0.1, -0.05) is 23.8 Å². The predicted octanol–water partition coefficient (Wildman–Crippen LogP) is 1.52. The fraction of sp³-hybridized carbons (Fsp3) is 0.429. The number of carbonyl (C=O) groups is 2. The molecule has 0 aromatic heterocycles. The van der Waals surface area contributed by atoms with Crippen molar-refractivity contribution >= 4 is 11.9 Å². The first-order valence-electron chi connectivity index (χ1n) is 5.85. The van der Waals surface area contributed by atoms with E-state index in [1.807, 2.05) is 26.0 Å². The molecule has 0 aliphatic carbocycles. The highest BCUT2D eigenvalue weighted by Gasteiger charge is 2.21. The van der Waals surface area contributed by atoms with Crippen LogP contribution in [0.2, 0.25) is 0 Å². The molecule has 98 valence electrons. The molecule has 1 aromatic carbocycles. The first-order chi connectivity index (χ1) is 8.43. The lowest BCUT2D eigenvalue weighted by atomic mass is 9.99. The fourth-order valence-electron chi connectivity index (χ4n) is 1.88. The van der Waals surface area contributed by atoms with Crippen LogP contribution in [0.3, 0.4) is 0 Å². The number of benzene rings is 1. The van der Waals surface area contributed by atoms with Gasteiger partial charge in [-0.2, -0.15) is 0 Å². The summed E-state index contributed by atoms with van der Waals surface area (Å²) < 4.78 is 4.70. The Morgan fingerprint density at radius 2 is 2.00 bits per heavy atom. The molecule has 0 bridgehead atoms. The zero-order valence-corrected chi connectivity index (χ0v) is 11.2. The minimum atomic E-state index is -0.631. The third-order valence-corrected chi connectivity index (χ3v) is 2.79. The van der Waals surface area contributed by atoms with Crippen LogP contribution in [-0.2, 0) is 20.7 Å². The molecule has 1 rings (SSSR count). The average molecular weight is 249 g/mol. The van der Waals surface area contributed by atoms with Crippen molar-refractivity contribution in [2.24, 2.45) is 0 Å². The van der Waals surface area contributed by atoms with Crippen LogP contribution in [0.4, 0.5) is 0 Å². The Hall–Kier alpha value is -1.84. The van der Waals surface area contributed by atoms with Gasteiger partial charge in [0.15, 0.2) is 0 Å². The molecule has 0 saturated heterocycles. The van der Waals surface area contributed by atoms with Crippen molar-refractivity contribution in [1.29, 1.82) is 0 Å². The number of rotatable bonds is 4. The number of esters is 1. The fourth-order valence-corrected chi connectivity index (χ4v) is 1.88. The molecular formula is C14H19NO3. The molecule has 0 fully saturated rings. The standard InChI is InChI=1S/C14H19NO3/c1-9-5-6-12(10(2)7-9)8-13(14(17)18-4)15-11(3)16/h5-7,13H,8H2,1-4H3,(H,15,16). The summed E-state index contributed by atoms with van der Waals surface area (Å²) in [5.41, 5.74) is 3.31. The molecule has 0 radical (unpaired) electrons. The first kappa shape index (κ1) is 14.2. The number of methoxy groups -OCH3 is 1. The minimum Gasteiger partial charge on any atom is -0.467 e. The zero-order valence-electron chi connectivity index (χ0n) is 11.2. The van der Waals surface area contributed by atoms with Crippen LogP contribution >= 0.6 is 0 Å². The Balaban J connectivity index is 2.88. The van der Waals surface area contributed by atoms with Gasteiger partial charge in [-0.3, -0.25) is 4.79 Å². The van der Waals surface area contributed by atoms with Crippen molar-refractivity contribution in [3.05, 3.63) is 34.9 Å². The number of nitrogens with one attached hydrogen (secondary N) is 1. The van der Waals surface area contributed by atoms with Gasteiger partial charge in [0.25, 0.3) is 0 Å². The molecule has 1 aromatic rings. The summed E-state index contributed by atoms with van der Waals surface area (Å²) in [6.45, 7) is 5.39. The van der Waals surface area contributed by atoms with E-state index >= 15 is 0 Å². The van der Waals surface area contributed by atoms with Crippen LogP contribution in [0.5, 0.6) is 0 Å². The molecule has 0 heterocycles. The van der Waals surface area contributed by atoms with Crippen LogP contribution in [-0.4, -0.2) is 25.0 Å². The Morgan fingerprint density at radius 3 is 2.50 bits per heavy atom. The summed E-state index contributed by atoms with van der Waals surface area (Å²) in [6, 6.07) is 5.39. The highest BCUT2D eigenvalue weighted by atomic mass is 16.5. The van der Waals surface area contributed by atoms with Crippen molar-refractivity contribution in [3.63, 3.8) is 0 Å². The zero-order chi connectivity index (χ0) is 13.7. The molecule has 4 nitrogen and oxygen atoms in total. The maximum Gasteiger partial charge on any atom is 0.328 e. The Kier molecular flexibility index (Phi) is 4.89. The number of amides is 1. The summed E-state index contributed by atoms with van der Waals surface area (Å²) in [4.78, 5) is 22.7. The van der Waals surface area contributed by atoms with E-state index in [1.165, 1.54) is 19.6 Å². The van der Waals surface area contributed by atoms with E-state index < -0.39 is 12.0 Å². The summed E-state index contributed by atoms with van der Waals surface area (Å²) >= 11 is 0. The van der Waals surface area contributed by atoms with E-state index in [1.54, 1.807) is 0 Å². The van der Waals surface area contributed by atoms with Crippen molar-refractivity contribution in [2.75, 3.05) is 7.11 Å². The van der Waals surface area contributed by atoms with E-state index in [4.69, 9.17) is 4.74 Å². The van der Waals surface area contributed by atoms with Crippen LogP contribution in [0, 0.1) is 13.8 Å². The molecule has 0 spiro atoms. The molecular weight excluding hydrogens is 230 g/mol. The Labute approximate surface area is 107 Å². The number of hydrogen-bond acceptors (Lipinski definition) is 3. The SMILES string of the molecule is COC(=O)C(Cc1ccc(C)cc1C)NC(C)=O. The minimum absolute atomic E-state index is 0.241. The van der Waals surface area contributed by atoms with E-state index in [0.717, 1.165) is 11.1 Å². The van der Waals surface area contributed by atoms with Gasteiger partial charge in [-0.15, -0.1) is 0 Å². The molecule has 0 aliphatic rings. The number of ether oxygens (including phenoxy) is 1. The average Bonchev–Trinajstić information content (AvgIpc) is 2.30. The van der Waals surface area contributed by atoms with Crippen molar-refractivity contribution < 1.29 is 14.3 Å². The first-order valence-corrected chi connectivity index (χ1v) is 5.85. The highest BCUT2D eigenvalue weighted by Crippen LogP contribution is 2.13. The van der Waals surface area contributed by atoms with E-state index in [0.29, 0.717) is 6.42 Å². The van der Waals surface area contributed by atoms with Gasteiger partial charge in [0.05, 0.1) is 7.11 Å². The maximum absolute atomic E-state index is 11.6. The molecule has 18 heavy (non-hydrogen) atoms. The summed E-state index contributed by atoms with van der Waals surface area (Å²) in [5.74, 6) is -0.666. The van der Waals surface area contributed by atoms with E-state index in [9.17, 15) is 9.59 Å². The predicted molar refractivity (Wildman–Crippen MR) is 69.2 cm³/mol. The maximum atomic E-state index is 11.6. The van der Waals surface area contributed by atoms with Gasteiger partial charge >= 0.3 is 5.97 Å². The van der Waals surface area contributed by atoms with Gasteiger partial charge in [-0.05, 0) is 25.0 Å². The topological polar surface area (TPSA) is 55.4 Å². The second-order valence-corrected chi connectivity index (χ2v) is 4.41. The van der Waals surface area contributed by atoms with Crippen molar-refractivity contribution in [1.82, 2.24) is 5.32 Å². The Morgan fingerprint density at radius 1 is 1.33 bits per heavy atom. The van der Waals surface area contributed by atoms with Gasteiger partial charge in [0, 0.05) is 13.3 Å². The number of aryl methyl sites for hydroxylation is 2. The molecule has 1 atom stereocenters. The lowest BCUT2D eigenvalue weighted by molar-refractivity contribution is -0.144. The molecule has 0 saturated carbocycles. The molecule has 1 amide bonds. The third-order valence-electron chi connectivity index (χ3n) is 2.79. The van der Waals surface area contributed by atoms with E-state index in [2.05, 4.69) is 11.4 Å². The van der Waals surface area contributed by atoms with E-state index in [-0.39, 0.29) is 5.91 Å². The molecule has 1 N–H and O–H groups in total. The summed E-state index contributed by atoms with van der Waals surface area (Å²) in [5, 5.41) is 2.61. The normalized spacial score (nSPS) is 11.8. The highest BCUT2D eigenvalue weighted by molar-refractivity contribution is 5.83. The lowest BCUT2D eigenvalue weighted by Crippen LogP contribution is -2.42. The monoisotopic (exact) mass is 249 g/mol. The summed E-state index contributed by atoms with van der Waals surface area (Å²) in [7, 11) is 1.32. The van der Waals surface area contributed by atoms with Crippen molar-refractivity contribution in [3.8, 4) is 0 Å². The smallest absolute Gasteiger partial charge is 0.328 e. The largest absolute Gasteiger partial charge is 0.467 e. The van der Waals surface area contributed by atoms with Crippen LogP contribution in [0.15, 0.2) is 18.2 Å². The van der Waals surface area contributed by atoms with Crippen molar-refractivity contribution in [2.45, 2.75) is 33.2 Å². The quantitative estimate of drug-likeness (QED) is 0.823. The van der Waals surface area contributed by atoms with Gasteiger partial charge in [0.2, 0.25) is 5.91 Å². The molecule has 4 heteroatoms. The van der Waals surface area contributed by atoms with Crippen LogP contribution in [0.25, 0.3) is 0 Å². The summed E-state index contributed by atoms with van der Waals surface area (Å²) in [6.07, 6.45) is 0.443. The van der Waals surface area contributed by atoms with Gasteiger partial charge < -0.3 is 10.1 Å². The number of carbonyl (C=O) groups excluding carboxylic acids is 2. The molecule has 0 aliphatic heterocycles. The molecule has 1 unspecified atom stereocenters. The van der Waals surface area contributed by atoms with Crippen LogP contribution in [0.1, 0.15) is 23.6 Å². The second-order valence-electron chi connectivity index (χ2n) is 4.41. The van der Waals surface area contributed by atoms with Gasteiger partial charge in [0.1, 0.15) is 6.04 Å². The van der Waals surface area contributed by atoms with Crippen LogP contribution < -0.4 is 5.32 Å². The third kappa shape index (κ3) is 3.87. The number of hydrogen-bond donors (Lipinski definition) is 1. The lowest BCUT2D eigenvalue weighted by Gasteiger charge is -2.17.